The fraction of sp³-hybridized carbons (Fsp3) is 0.300. The van der Waals surface area contributed by atoms with Crippen molar-refractivity contribution in [1.82, 2.24) is 0 Å². The molecule has 0 aliphatic rings. The molecule has 0 amide bonds. The highest BCUT2D eigenvalue weighted by atomic mass is 16.4. The average molecular weight is 212 g/mol. The minimum atomic E-state index is -1.18. The minimum Gasteiger partial charge on any atom is -0.480 e. The Balaban J connectivity index is 0.000000265. The molecule has 0 aliphatic carbocycles. The predicted molar refractivity (Wildman–Crippen MR) is 57.0 cm³/mol. The Morgan fingerprint density at radius 2 is 1.87 bits per heavy atom. The van der Waals surface area contributed by atoms with Crippen molar-refractivity contribution in [2.24, 2.45) is 11.5 Å². The third-order valence-corrected chi connectivity index (χ3v) is 1.59. The summed E-state index contributed by atoms with van der Waals surface area (Å²) in [6.45, 7) is 0.135. The molecule has 15 heavy (non-hydrogen) atoms. The zero-order chi connectivity index (χ0) is 11.7. The van der Waals surface area contributed by atoms with Crippen LogP contribution in [-0.4, -0.2) is 28.8 Å². The van der Waals surface area contributed by atoms with Crippen LogP contribution < -0.4 is 11.5 Å². The molecule has 0 bridgehead atoms. The van der Waals surface area contributed by atoms with Crippen molar-refractivity contribution in [1.29, 1.82) is 0 Å². The van der Waals surface area contributed by atoms with Crippen molar-refractivity contribution >= 4 is 5.97 Å². The quantitative estimate of drug-likeness (QED) is 0.542. The molecule has 0 aromatic heterocycles. The first-order valence-electron chi connectivity index (χ1n) is 4.45. The van der Waals surface area contributed by atoms with Gasteiger partial charge >= 0.3 is 5.97 Å². The van der Waals surface area contributed by atoms with Gasteiger partial charge in [-0.3, -0.25) is 4.79 Å². The minimum absolute atomic E-state index is 0.505. The number of aliphatic hydroxyl groups excluding tert-OH is 1. The van der Waals surface area contributed by atoms with E-state index in [0.29, 0.717) is 6.54 Å². The molecule has 0 aliphatic heterocycles. The van der Waals surface area contributed by atoms with Gasteiger partial charge in [0.1, 0.15) is 6.04 Å². The summed E-state index contributed by atoms with van der Waals surface area (Å²) in [6.07, 6.45) is 0. The summed E-state index contributed by atoms with van der Waals surface area (Å²) in [4.78, 5) is 9.65. The molecule has 0 fully saturated rings. The highest BCUT2D eigenvalue weighted by Crippen LogP contribution is 1.94. The maximum absolute atomic E-state index is 9.65. The van der Waals surface area contributed by atoms with Crippen molar-refractivity contribution in [3.63, 3.8) is 0 Å². The summed E-state index contributed by atoms with van der Waals surface area (Å²) in [5, 5.41) is 15.9. The van der Waals surface area contributed by atoms with Crippen LogP contribution >= 0.6 is 0 Å². The molecular formula is C10H16N2O3. The Labute approximate surface area is 88.3 Å². The van der Waals surface area contributed by atoms with Gasteiger partial charge in [-0.2, -0.15) is 0 Å². The van der Waals surface area contributed by atoms with E-state index in [4.69, 9.17) is 21.7 Å². The van der Waals surface area contributed by atoms with Gasteiger partial charge in [0.15, 0.2) is 0 Å². The fourth-order valence-electron chi connectivity index (χ4n) is 0.692. The Bertz CT molecular complexity index is 277. The van der Waals surface area contributed by atoms with Crippen molar-refractivity contribution in [2.75, 3.05) is 6.61 Å². The topological polar surface area (TPSA) is 110 Å². The lowest BCUT2D eigenvalue weighted by Gasteiger charge is -1.96. The van der Waals surface area contributed by atoms with Gasteiger partial charge in [0.25, 0.3) is 0 Å². The molecule has 0 spiro atoms. The smallest absolute Gasteiger partial charge is 0.322 e. The number of rotatable bonds is 3. The molecule has 0 radical (unpaired) electrons. The van der Waals surface area contributed by atoms with E-state index in [9.17, 15) is 4.79 Å². The first kappa shape index (κ1) is 13.6. The number of carboxylic acid groups (broad SMARTS) is 1. The molecule has 1 aromatic carbocycles. The fourth-order valence-corrected chi connectivity index (χ4v) is 0.692. The number of aliphatic hydroxyl groups is 1. The average Bonchev–Trinajstić information content (AvgIpc) is 2.29. The van der Waals surface area contributed by atoms with Gasteiger partial charge in [0, 0.05) is 6.54 Å². The maximum Gasteiger partial charge on any atom is 0.322 e. The monoisotopic (exact) mass is 212 g/mol. The summed E-state index contributed by atoms with van der Waals surface area (Å²) < 4.78 is 0. The number of hydrogen-bond acceptors (Lipinski definition) is 4. The molecule has 6 N–H and O–H groups in total. The highest BCUT2D eigenvalue weighted by molar-refractivity contribution is 5.73. The summed E-state index contributed by atoms with van der Waals surface area (Å²) >= 11 is 0. The Hall–Kier alpha value is -1.43. The standard InChI is InChI=1S/C7H9N.C3H7NO3/c8-6-7-4-2-1-3-5-7;4-2(1-5)3(6)7/h1-5H,6,8H2;2,5H,1,4H2,(H,6,7)/t;2-/m.0/s1. The van der Waals surface area contributed by atoms with Crippen LogP contribution in [0.1, 0.15) is 5.56 Å². The van der Waals surface area contributed by atoms with Gasteiger partial charge in [-0.25, -0.2) is 0 Å². The molecule has 84 valence electrons. The van der Waals surface area contributed by atoms with E-state index in [1.807, 2.05) is 30.3 Å². The lowest BCUT2D eigenvalue weighted by Crippen LogP contribution is -2.33. The number of nitrogens with two attached hydrogens (primary N) is 2. The molecule has 1 aromatic rings. The van der Waals surface area contributed by atoms with E-state index >= 15 is 0 Å². The van der Waals surface area contributed by atoms with Crippen molar-refractivity contribution < 1.29 is 15.0 Å². The number of benzene rings is 1. The van der Waals surface area contributed by atoms with Crippen LogP contribution in [0, 0.1) is 0 Å². The molecule has 5 heteroatoms. The van der Waals surface area contributed by atoms with E-state index in [0.717, 1.165) is 0 Å². The summed E-state index contributed by atoms with van der Waals surface area (Å²) in [5.41, 5.74) is 11.3. The van der Waals surface area contributed by atoms with Crippen LogP contribution in [0.15, 0.2) is 30.3 Å². The van der Waals surface area contributed by atoms with Gasteiger partial charge in [-0.1, -0.05) is 30.3 Å². The number of carboxylic acids is 1. The van der Waals surface area contributed by atoms with E-state index in [1.54, 1.807) is 0 Å². The van der Waals surface area contributed by atoms with Crippen LogP contribution in [-0.2, 0) is 11.3 Å². The number of hydrogen-bond donors (Lipinski definition) is 4. The highest BCUT2D eigenvalue weighted by Gasteiger charge is 2.06. The van der Waals surface area contributed by atoms with Gasteiger partial charge in [0.05, 0.1) is 6.61 Å². The molecular weight excluding hydrogens is 196 g/mol. The summed E-state index contributed by atoms with van der Waals surface area (Å²) in [7, 11) is 0. The van der Waals surface area contributed by atoms with Gasteiger partial charge < -0.3 is 21.7 Å². The molecule has 5 nitrogen and oxygen atoms in total. The van der Waals surface area contributed by atoms with Gasteiger partial charge in [-0.05, 0) is 5.56 Å². The zero-order valence-corrected chi connectivity index (χ0v) is 8.34. The second kappa shape index (κ2) is 7.93. The van der Waals surface area contributed by atoms with Gasteiger partial charge in [0.2, 0.25) is 0 Å². The van der Waals surface area contributed by atoms with Crippen LogP contribution in [0.3, 0.4) is 0 Å². The Kier molecular flexibility index (Phi) is 7.17. The van der Waals surface area contributed by atoms with Crippen LogP contribution in [0.2, 0.25) is 0 Å². The molecule has 0 unspecified atom stereocenters. The van der Waals surface area contributed by atoms with Crippen LogP contribution in [0.5, 0.6) is 0 Å². The third-order valence-electron chi connectivity index (χ3n) is 1.59. The normalized spacial score (nSPS) is 11.1. The van der Waals surface area contributed by atoms with Crippen molar-refractivity contribution in [2.45, 2.75) is 12.6 Å². The van der Waals surface area contributed by atoms with E-state index in [-0.39, 0.29) is 0 Å². The maximum atomic E-state index is 9.65. The largest absolute Gasteiger partial charge is 0.480 e. The summed E-state index contributed by atoms with van der Waals surface area (Å²) in [6, 6.07) is 8.86. The van der Waals surface area contributed by atoms with E-state index < -0.39 is 18.6 Å². The molecule has 0 heterocycles. The van der Waals surface area contributed by atoms with Crippen LogP contribution in [0.25, 0.3) is 0 Å². The zero-order valence-electron chi connectivity index (χ0n) is 8.34. The second-order valence-corrected chi connectivity index (χ2v) is 2.82. The SMILES string of the molecule is NCc1ccccc1.N[C@@H](CO)C(=O)O. The van der Waals surface area contributed by atoms with Gasteiger partial charge in [-0.15, -0.1) is 0 Å². The van der Waals surface area contributed by atoms with E-state index in [2.05, 4.69) is 0 Å². The third kappa shape index (κ3) is 6.62. The number of carbonyl (C=O) groups is 1. The lowest BCUT2D eigenvalue weighted by atomic mass is 10.2. The predicted octanol–water partition coefficient (Wildman–Crippen LogP) is -0.464. The Morgan fingerprint density at radius 1 is 1.33 bits per heavy atom. The summed E-state index contributed by atoms with van der Waals surface area (Å²) in [5.74, 6) is -1.18. The number of aliphatic carboxylic acids is 1. The van der Waals surface area contributed by atoms with Crippen LogP contribution in [0.4, 0.5) is 0 Å². The van der Waals surface area contributed by atoms with Crippen molar-refractivity contribution in [3.8, 4) is 0 Å². The Morgan fingerprint density at radius 3 is 2.07 bits per heavy atom. The molecule has 1 rings (SSSR count). The first-order valence-corrected chi connectivity index (χ1v) is 4.45. The first-order chi connectivity index (χ1) is 7.11. The molecule has 0 saturated carbocycles. The van der Waals surface area contributed by atoms with Crippen molar-refractivity contribution in [3.05, 3.63) is 35.9 Å². The lowest BCUT2D eigenvalue weighted by molar-refractivity contribution is -0.139. The van der Waals surface area contributed by atoms with E-state index in [1.165, 1.54) is 5.56 Å². The molecule has 0 saturated heterocycles. The molecule has 1 atom stereocenters. The second-order valence-electron chi connectivity index (χ2n) is 2.82.